The Bertz CT molecular complexity index is 557. The minimum absolute atomic E-state index is 0.801. The zero-order valence-electron chi connectivity index (χ0n) is 13.6. The number of aryl methyl sites for hydroxylation is 2. The summed E-state index contributed by atoms with van der Waals surface area (Å²) in [5.74, 6) is 1.21. The van der Waals surface area contributed by atoms with Crippen molar-refractivity contribution in [3.8, 4) is 0 Å². The highest BCUT2D eigenvalue weighted by atomic mass is 15.1. The number of imidazole rings is 1. The molecular weight excluding hydrogens is 258 g/mol. The van der Waals surface area contributed by atoms with Gasteiger partial charge >= 0.3 is 0 Å². The van der Waals surface area contributed by atoms with Crippen LogP contribution < -0.4 is 5.73 Å². The summed E-state index contributed by atoms with van der Waals surface area (Å²) in [5.41, 5.74) is 8.96. The normalized spacial score (nSPS) is 11.3. The third kappa shape index (κ3) is 4.23. The molecule has 0 bridgehead atoms. The van der Waals surface area contributed by atoms with Crippen molar-refractivity contribution in [3.63, 3.8) is 0 Å². The molecule has 0 aliphatic heterocycles. The molecule has 0 saturated carbocycles. The molecule has 21 heavy (non-hydrogen) atoms. The van der Waals surface area contributed by atoms with Crippen LogP contribution in [-0.4, -0.2) is 9.55 Å². The number of nitrogens with two attached hydrogens (primary N) is 1. The van der Waals surface area contributed by atoms with Crippen LogP contribution in [0.2, 0.25) is 0 Å². The first-order valence-electron chi connectivity index (χ1n) is 8.51. The molecule has 3 nitrogen and oxygen atoms in total. The van der Waals surface area contributed by atoms with Crippen LogP contribution in [0, 0.1) is 0 Å². The number of anilines is 1. The minimum atomic E-state index is 0.801. The van der Waals surface area contributed by atoms with Gasteiger partial charge in [-0.15, -0.1) is 0 Å². The molecule has 2 aromatic rings. The number of nitrogen functional groups attached to an aromatic ring is 1. The molecule has 0 aliphatic rings. The van der Waals surface area contributed by atoms with Gasteiger partial charge in [-0.3, -0.25) is 0 Å². The van der Waals surface area contributed by atoms with E-state index >= 15 is 0 Å². The highest BCUT2D eigenvalue weighted by Gasteiger charge is 2.09. The minimum Gasteiger partial charge on any atom is -0.399 e. The quantitative estimate of drug-likeness (QED) is 0.525. The van der Waals surface area contributed by atoms with Crippen LogP contribution in [-0.2, 0) is 13.0 Å². The van der Waals surface area contributed by atoms with Gasteiger partial charge in [-0.1, -0.05) is 46.0 Å². The number of aromatic nitrogens is 2. The number of nitrogens with zero attached hydrogens (tertiary/aromatic N) is 2. The van der Waals surface area contributed by atoms with E-state index in [9.17, 15) is 0 Å². The van der Waals surface area contributed by atoms with Crippen LogP contribution in [0.15, 0.2) is 18.2 Å². The maximum absolute atomic E-state index is 5.88. The van der Waals surface area contributed by atoms with Gasteiger partial charge in [-0.2, -0.15) is 0 Å². The second kappa shape index (κ2) is 8.06. The lowest BCUT2D eigenvalue weighted by molar-refractivity contribution is 0.551. The van der Waals surface area contributed by atoms with Crippen molar-refractivity contribution in [2.45, 2.75) is 71.8 Å². The van der Waals surface area contributed by atoms with Crippen LogP contribution in [0.1, 0.15) is 64.6 Å². The molecular formula is C18H29N3. The van der Waals surface area contributed by atoms with Gasteiger partial charge < -0.3 is 10.3 Å². The first-order valence-corrected chi connectivity index (χ1v) is 8.51. The van der Waals surface area contributed by atoms with Crippen LogP contribution in [0.4, 0.5) is 5.69 Å². The number of fused-ring (bicyclic) bond motifs is 1. The van der Waals surface area contributed by atoms with Crippen LogP contribution in [0.3, 0.4) is 0 Å². The molecule has 0 unspecified atom stereocenters. The van der Waals surface area contributed by atoms with Gasteiger partial charge in [0.1, 0.15) is 5.82 Å². The van der Waals surface area contributed by atoms with Gasteiger partial charge in [0.15, 0.2) is 0 Å². The Hall–Kier alpha value is -1.51. The van der Waals surface area contributed by atoms with Crippen LogP contribution in [0.25, 0.3) is 11.0 Å². The number of benzene rings is 1. The van der Waals surface area contributed by atoms with Crippen molar-refractivity contribution in [3.05, 3.63) is 24.0 Å². The van der Waals surface area contributed by atoms with Crippen LogP contribution in [0.5, 0.6) is 0 Å². The standard InChI is InChI=1S/C18H29N3/c1-3-5-6-7-8-9-13-21-17-12-11-15(19)14-16(17)20-18(21)10-4-2/h11-12,14H,3-10,13,19H2,1-2H3. The van der Waals surface area contributed by atoms with E-state index in [1.165, 1.54) is 49.9 Å². The fraction of sp³-hybridized carbons (Fsp3) is 0.611. The molecule has 0 aliphatic carbocycles. The van der Waals surface area contributed by atoms with Crippen molar-refractivity contribution >= 4 is 16.7 Å². The van der Waals surface area contributed by atoms with E-state index in [-0.39, 0.29) is 0 Å². The molecule has 2 N–H and O–H groups in total. The molecule has 0 saturated heterocycles. The van der Waals surface area contributed by atoms with Crippen molar-refractivity contribution < 1.29 is 0 Å². The monoisotopic (exact) mass is 287 g/mol. The summed E-state index contributed by atoms with van der Waals surface area (Å²) >= 11 is 0. The van der Waals surface area contributed by atoms with Crippen LogP contribution >= 0.6 is 0 Å². The van der Waals surface area contributed by atoms with E-state index < -0.39 is 0 Å². The topological polar surface area (TPSA) is 43.8 Å². The maximum Gasteiger partial charge on any atom is 0.109 e. The summed E-state index contributed by atoms with van der Waals surface area (Å²) in [6, 6.07) is 6.09. The van der Waals surface area contributed by atoms with Crippen molar-refractivity contribution in [2.75, 3.05) is 5.73 Å². The molecule has 0 amide bonds. The molecule has 1 aromatic carbocycles. The third-order valence-corrected chi connectivity index (χ3v) is 4.06. The fourth-order valence-electron chi connectivity index (χ4n) is 2.91. The molecule has 116 valence electrons. The second-order valence-corrected chi connectivity index (χ2v) is 5.95. The predicted molar refractivity (Wildman–Crippen MR) is 91.5 cm³/mol. The highest BCUT2D eigenvalue weighted by Crippen LogP contribution is 2.21. The summed E-state index contributed by atoms with van der Waals surface area (Å²) in [5, 5.41) is 0. The SMILES string of the molecule is CCCCCCCCn1c(CCC)nc2cc(N)ccc21. The number of rotatable bonds is 9. The van der Waals surface area contributed by atoms with E-state index in [2.05, 4.69) is 24.5 Å². The van der Waals surface area contributed by atoms with Gasteiger partial charge in [-0.05, 0) is 31.0 Å². The summed E-state index contributed by atoms with van der Waals surface area (Å²) in [6.07, 6.45) is 10.2. The van der Waals surface area contributed by atoms with Gasteiger partial charge in [0, 0.05) is 18.7 Å². The van der Waals surface area contributed by atoms with Crippen molar-refractivity contribution in [1.82, 2.24) is 9.55 Å². The lowest BCUT2D eigenvalue weighted by atomic mass is 10.1. The number of hydrogen-bond acceptors (Lipinski definition) is 2. The summed E-state index contributed by atoms with van der Waals surface area (Å²) < 4.78 is 2.40. The van der Waals surface area contributed by atoms with Gasteiger partial charge in [0.05, 0.1) is 11.0 Å². The lowest BCUT2D eigenvalue weighted by Crippen LogP contribution is -2.04. The zero-order chi connectivity index (χ0) is 15.1. The van der Waals surface area contributed by atoms with E-state index in [4.69, 9.17) is 10.7 Å². The largest absolute Gasteiger partial charge is 0.399 e. The third-order valence-electron chi connectivity index (χ3n) is 4.06. The molecule has 1 heterocycles. The molecule has 0 atom stereocenters. The summed E-state index contributed by atoms with van der Waals surface area (Å²) in [6.45, 7) is 5.56. The molecule has 3 heteroatoms. The highest BCUT2D eigenvalue weighted by molar-refractivity contribution is 5.79. The average molecular weight is 287 g/mol. The zero-order valence-corrected chi connectivity index (χ0v) is 13.6. The van der Waals surface area contributed by atoms with Crippen molar-refractivity contribution in [1.29, 1.82) is 0 Å². The smallest absolute Gasteiger partial charge is 0.109 e. The first kappa shape index (κ1) is 15.9. The van der Waals surface area contributed by atoms with Crippen molar-refractivity contribution in [2.24, 2.45) is 0 Å². The summed E-state index contributed by atoms with van der Waals surface area (Å²) in [7, 11) is 0. The number of unbranched alkanes of at least 4 members (excludes halogenated alkanes) is 5. The van der Waals surface area contributed by atoms with E-state index in [1.807, 2.05) is 12.1 Å². The molecule has 2 rings (SSSR count). The maximum atomic E-state index is 5.88. The Labute approximate surface area is 128 Å². The molecule has 0 spiro atoms. The average Bonchev–Trinajstić information content (AvgIpc) is 2.80. The Morgan fingerprint density at radius 1 is 1.00 bits per heavy atom. The molecule has 0 fully saturated rings. The number of hydrogen-bond donors (Lipinski definition) is 1. The summed E-state index contributed by atoms with van der Waals surface area (Å²) in [4.78, 5) is 4.77. The Kier molecular flexibility index (Phi) is 6.09. The van der Waals surface area contributed by atoms with E-state index in [0.29, 0.717) is 0 Å². The second-order valence-electron chi connectivity index (χ2n) is 5.95. The Morgan fingerprint density at radius 3 is 2.52 bits per heavy atom. The lowest BCUT2D eigenvalue weighted by Gasteiger charge is -2.09. The van der Waals surface area contributed by atoms with Gasteiger partial charge in [0.2, 0.25) is 0 Å². The fourth-order valence-corrected chi connectivity index (χ4v) is 2.91. The molecule has 0 radical (unpaired) electrons. The first-order chi connectivity index (χ1) is 10.3. The van der Waals surface area contributed by atoms with E-state index in [1.54, 1.807) is 0 Å². The molecule has 1 aromatic heterocycles. The van der Waals surface area contributed by atoms with Gasteiger partial charge in [-0.25, -0.2) is 4.98 Å². The predicted octanol–water partition coefficient (Wildman–Crippen LogP) is 4.93. The Morgan fingerprint density at radius 2 is 1.76 bits per heavy atom. The van der Waals surface area contributed by atoms with E-state index in [0.717, 1.165) is 30.6 Å². The Balaban J connectivity index is 2.04. The van der Waals surface area contributed by atoms with Gasteiger partial charge in [0.25, 0.3) is 0 Å².